The highest BCUT2D eigenvalue weighted by Gasteiger charge is 2.33. The van der Waals surface area contributed by atoms with E-state index in [4.69, 9.17) is 0 Å². The van der Waals surface area contributed by atoms with Crippen LogP contribution in [0.3, 0.4) is 0 Å². The highest BCUT2D eigenvalue weighted by molar-refractivity contribution is 7.92. The lowest BCUT2D eigenvalue weighted by Crippen LogP contribution is -2.53. The lowest BCUT2D eigenvalue weighted by Gasteiger charge is -2.33. The second kappa shape index (κ2) is 13.4. The number of rotatable bonds is 12. The van der Waals surface area contributed by atoms with Crippen molar-refractivity contribution in [2.45, 2.75) is 46.7 Å². The average Bonchev–Trinajstić information content (AvgIpc) is 2.87. The molecule has 0 radical (unpaired) electrons. The van der Waals surface area contributed by atoms with Crippen LogP contribution in [0.5, 0.6) is 0 Å². The Hall–Kier alpha value is -3.65. The van der Waals surface area contributed by atoms with Crippen LogP contribution in [0, 0.1) is 19.8 Å². The minimum Gasteiger partial charge on any atom is -0.354 e. The van der Waals surface area contributed by atoms with Gasteiger partial charge in [-0.25, -0.2) is 8.42 Å². The number of sulfonamides is 1. The molecular formula is C31H39N3O4S. The number of nitrogens with zero attached hydrogens (tertiary/aromatic N) is 2. The third-order valence-electron chi connectivity index (χ3n) is 6.33. The van der Waals surface area contributed by atoms with Crippen LogP contribution in [0.2, 0.25) is 0 Å². The van der Waals surface area contributed by atoms with Crippen molar-refractivity contribution in [3.05, 3.63) is 101 Å². The fourth-order valence-electron chi connectivity index (χ4n) is 4.46. The SMILES string of the molecule is Cc1cc(C)cc(N(CC(=O)N(Cc2ccccc2)[C@H](Cc2ccccc2)C(=O)NCC(C)C)S(C)(=O)=O)c1. The van der Waals surface area contributed by atoms with Gasteiger partial charge in [-0.05, 0) is 54.2 Å². The molecule has 3 rings (SSSR count). The summed E-state index contributed by atoms with van der Waals surface area (Å²) in [5.41, 5.74) is 3.96. The molecule has 2 amide bonds. The highest BCUT2D eigenvalue weighted by Crippen LogP contribution is 2.23. The molecule has 1 atom stereocenters. The third-order valence-corrected chi connectivity index (χ3v) is 7.47. The first-order valence-corrected chi connectivity index (χ1v) is 15.0. The van der Waals surface area contributed by atoms with E-state index in [0.717, 1.165) is 32.8 Å². The van der Waals surface area contributed by atoms with Gasteiger partial charge in [-0.1, -0.05) is 80.6 Å². The summed E-state index contributed by atoms with van der Waals surface area (Å²) < 4.78 is 27.0. The van der Waals surface area contributed by atoms with Crippen molar-refractivity contribution in [3.63, 3.8) is 0 Å². The van der Waals surface area contributed by atoms with Crippen molar-refractivity contribution >= 4 is 27.5 Å². The number of hydrogen-bond donors (Lipinski definition) is 1. The average molecular weight is 550 g/mol. The molecule has 39 heavy (non-hydrogen) atoms. The Kier molecular flexibility index (Phi) is 10.3. The Morgan fingerprint density at radius 2 is 1.38 bits per heavy atom. The van der Waals surface area contributed by atoms with Crippen molar-refractivity contribution in [1.29, 1.82) is 0 Å². The summed E-state index contributed by atoms with van der Waals surface area (Å²) in [7, 11) is -3.79. The Bertz CT molecular complexity index is 1340. The van der Waals surface area contributed by atoms with Gasteiger partial charge in [0.25, 0.3) is 0 Å². The number of carbonyl (C=O) groups is 2. The van der Waals surface area contributed by atoms with Crippen molar-refractivity contribution in [3.8, 4) is 0 Å². The van der Waals surface area contributed by atoms with E-state index < -0.39 is 28.5 Å². The second-order valence-electron chi connectivity index (χ2n) is 10.5. The largest absolute Gasteiger partial charge is 0.354 e. The smallest absolute Gasteiger partial charge is 0.244 e. The van der Waals surface area contributed by atoms with Gasteiger partial charge >= 0.3 is 0 Å². The maximum Gasteiger partial charge on any atom is 0.244 e. The summed E-state index contributed by atoms with van der Waals surface area (Å²) in [4.78, 5) is 29.2. The topological polar surface area (TPSA) is 86.8 Å². The molecule has 8 heteroatoms. The van der Waals surface area contributed by atoms with Gasteiger partial charge in [0.2, 0.25) is 21.8 Å². The summed E-state index contributed by atoms with van der Waals surface area (Å²) in [6.07, 6.45) is 1.39. The molecule has 0 unspecified atom stereocenters. The standard InChI is InChI=1S/C31H39N3O4S/c1-23(2)20-32-31(36)29(19-26-12-8-6-9-13-26)33(21-27-14-10-7-11-15-27)30(35)22-34(39(5,37)38)28-17-24(3)16-25(4)18-28/h6-18,23,29H,19-22H2,1-5H3,(H,32,36)/t29-/m1/s1. The van der Waals surface area contributed by atoms with Crippen LogP contribution in [-0.4, -0.2) is 50.5 Å². The fraction of sp³-hybridized carbons (Fsp3) is 0.355. The molecule has 0 aromatic heterocycles. The van der Waals surface area contributed by atoms with Crippen LogP contribution in [0.25, 0.3) is 0 Å². The summed E-state index contributed by atoms with van der Waals surface area (Å²) in [6.45, 7) is 7.99. The zero-order chi connectivity index (χ0) is 28.6. The van der Waals surface area contributed by atoms with Crippen LogP contribution >= 0.6 is 0 Å². The first-order chi connectivity index (χ1) is 18.4. The number of benzene rings is 3. The highest BCUT2D eigenvalue weighted by atomic mass is 32.2. The summed E-state index contributed by atoms with van der Waals surface area (Å²) in [6, 6.07) is 23.6. The zero-order valence-electron chi connectivity index (χ0n) is 23.4. The molecular weight excluding hydrogens is 510 g/mol. The maximum atomic E-state index is 14.1. The van der Waals surface area contributed by atoms with Crippen molar-refractivity contribution in [2.75, 3.05) is 23.7 Å². The van der Waals surface area contributed by atoms with Gasteiger partial charge in [0.05, 0.1) is 11.9 Å². The van der Waals surface area contributed by atoms with Crippen molar-refractivity contribution < 1.29 is 18.0 Å². The van der Waals surface area contributed by atoms with Gasteiger partial charge in [-0.2, -0.15) is 0 Å². The van der Waals surface area contributed by atoms with E-state index in [1.54, 1.807) is 12.1 Å². The molecule has 1 N–H and O–H groups in total. The second-order valence-corrected chi connectivity index (χ2v) is 12.4. The number of amides is 2. The summed E-state index contributed by atoms with van der Waals surface area (Å²) in [5, 5.41) is 2.99. The normalized spacial score (nSPS) is 12.2. The maximum absolute atomic E-state index is 14.1. The first-order valence-electron chi connectivity index (χ1n) is 13.1. The summed E-state index contributed by atoms with van der Waals surface area (Å²) >= 11 is 0. The number of hydrogen-bond acceptors (Lipinski definition) is 4. The van der Waals surface area contributed by atoms with E-state index in [0.29, 0.717) is 18.7 Å². The Labute approximate surface area is 232 Å². The fourth-order valence-corrected chi connectivity index (χ4v) is 5.30. The quantitative estimate of drug-likeness (QED) is 0.361. The molecule has 0 aliphatic carbocycles. The lowest BCUT2D eigenvalue weighted by molar-refractivity contribution is -0.140. The molecule has 0 fully saturated rings. The molecule has 208 valence electrons. The predicted molar refractivity (Wildman–Crippen MR) is 157 cm³/mol. The molecule has 7 nitrogen and oxygen atoms in total. The Morgan fingerprint density at radius 3 is 1.90 bits per heavy atom. The number of carbonyl (C=O) groups excluding carboxylic acids is 2. The molecule has 0 heterocycles. The predicted octanol–water partition coefficient (Wildman–Crippen LogP) is 4.48. The van der Waals surface area contributed by atoms with Gasteiger partial charge < -0.3 is 10.2 Å². The van der Waals surface area contributed by atoms with Crippen molar-refractivity contribution in [2.24, 2.45) is 5.92 Å². The van der Waals surface area contributed by atoms with E-state index in [2.05, 4.69) is 5.32 Å². The van der Waals surface area contributed by atoms with Gasteiger partial charge in [0.1, 0.15) is 12.6 Å². The Morgan fingerprint density at radius 1 is 0.846 bits per heavy atom. The lowest BCUT2D eigenvalue weighted by atomic mass is 10.0. The third kappa shape index (κ3) is 8.96. The minimum atomic E-state index is -3.79. The van der Waals surface area contributed by atoms with Crippen LogP contribution in [0.4, 0.5) is 5.69 Å². The van der Waals surface area contributed by atoms with Crippen LogP contribution < -0.4 is 9.62 Å². The van der Waals surface area contributed by atoms with Gasteiger partial charge in [0, 0.05) is 19.5 Å². The zero-order valence-corrected chi connectivity index (χ0v) is 24.2. The molecule has 3 aromatic carbocycles. The summed E-state index contributed by atoms with van der Waals surface area (Å²) in [5.74, 6) is -0.493. The molecule has 0 aliphatic heterocycles. The number of aryl methyl sites for hydroxylation is 2. The van der Waals surface area contributed by atoms with Crippen LogP contribution in [0.15, 0.2) is 78.9 Å². The molecule has 3 aromatic rings. The molecule has 0 saturated carbocycles. The number of nitrogens with one attached hydrogen (secondary N) is 1. The van der Waals surface area contributed by atoms with Gasteiger partial charge in [-0.3, -0.25) is 13.9 Å². The van der Waals surface area contributed by atoms with E-state index in [-0.39, 0.29) is 18.4 Å². The van der Waals surface area contributed by atoms with Crippen molar-refractivity contribution in [1.82, 2.24) is 10.2 Å². The monoisotopic (exact) mass is 549 g/mol. The van der Waals surface area contributed by atoms with E-state index >= 15 is 0 Å². The molecule has 0 saturated heterocycles. The molecule has 0 spiro atoms. The van der Waals surface area contributed by atoms with E-state index in [1.165, 1.54) is 4.90 Å². The van der Waals surface area contributed by atoms with E-state index in [9.17, 15) is 18.0 Å². The van der Waals surface area contributed by atoms with Crippen LogP contribution in [0.1, 0.15) is 36.1 Å². The van der Waals surface area contributed by atoms with Gasteiger partial charge in [0.15, 0.2) is 0 Å². The Balaban J connectivity index is 2.04. The minimum absolute atomic E-state index is 0.163. The van der Waals surface area contributed by atoms with Crippen LogP contribution in [-0.2, 0) is 32.6 Å². The van der Waals surface area contributed by atoms with E-state index in [1.807, 2.05) is 94.4 Å². The first kappa shape index (κ1) is 29.9. The molecule has 0 aliphatic rings. The van der Waals surface area contributed by atoms with Gasteiger partial charge in [-0.15, -0.1) is 0 Å². The number of anilines is 1. The molecule has 0 bridgehead atoms.